The lowest BCUT2D eigenvalue weighted by Gasteiger charge is -2.03. The number of hydrogen-bond acceptors (Lipinski definition) is 0. The average molecular weight is 794 g/mol. The van der Waals surface area contributed by atoms with Crippen molar-refractivity contribution in [1.82, 2.24) is 0 Å². The van der Waals surface area contributed by atoms with Crippen molar-refractivity contribution in [2.75, 3.05) is 0 Å². The van der Waals surface area contributed by atoms with Crippen molar-refractivity contribution in [3.8, 4) is 36.0 Å². The normalized spacial score (nSPS) is 10.1. The van der Waals surface area contributed by atoms with Gasteiger partial charge in [-0.25, -0.2) is 0 Å². The van der Waals surface area contributed by atoms with Gasteiger partial charge in [-0.2, -0.15) is 0 Å². The number of unbranched alkanes of at least 4 members (excludes halogenated alkanes) is 9. The lowest BCUT2D eigenvalue weighted by atomic mass is 10.0. The molecule has 0 saturated carbocycles. The summed E-state index contributed by atoms with van der Waals surface area (Å²) < 4.78 is 3.15. The van der Waals surface area contributed by atoms with Gasteiger partial charge in [-0.1, -0.05) is 115 Å². The molecular weight excluding hydrogens is 744 g/mol. The molecule has 0 amide bonds. The van der Waals surface area contributed by atoms with Crippen molar-refractivity contribution in [2.24, 2.45) is 0 Å². The van der Waals surface area contributed by atoms with Gasteiger partial charge in [-0.05, 0) is 151 Å². The van der Waals surface area contributed by atoms with Crippen molar-refractivity contribution in [3.05, 3.63) is 101 Å². The van der Waals surface area contributed by atoms with Gasteiger partial charge in [0.1, 0.15) is 0 Å². The molecule has 0 saturated heterocycles. The number of rotatable bonds is 15. The zero-order valence-corrected chi connectivity index (χ0v) is 32.3. The predicted molar refractivity (Wildman–Crippen MR) is 208 cm³/mol. The summed E-state index contributed by atoms with van der Waals surface area (Å²) >= 11 is 10.8. The highest BCUT2D eigenvalue weighted by Gasteiger charge is 2.02. The summed E-state index contributed by atoms with van der Waals surface area (Å²) in [5.41, 5.74) is 7.03. The average Bonchev–Trinajstić information content (AvgIpc) is 3.04. The Hall–Kier alpha value is -2.22. The van der Waals surface area contributed by atoms with E-state index in [0.29, 0.717) is 0 Å². The number of benzene rings is 3. The molecule has 0 radical (unpaired) electrons. The van der Waals surface area contributed by atoms with Crippen LogP contribution in [0.5, 0.6) is 0 Å². The van der Waals surface area contributed by atoms with Crippen LogP contribution in [0.4, 0.5) is 0 Å². The summed E-state index contributed by atoms with van der Waals surface area (Å²) in [6.07, 6.45) is 24.3. The molecule has 0 aliphatic carbocycles. The molecule has 0 spiro atoms. The van der Waals surface area contributed by atoms with Gasteiger partial charge in [-0.3, -0.25) is 0 Å². The smallest absolute Gasteiger partial charge is 0.0397 e. The molecule has 0 heterocycles. The van der Waals surface area contributed by atoms with Crippen LogP contribution >= 0.6 is 47.8 Å². The second-order valence-electron chi connectivity index (χ2n) is 11.5. The van der Waals surface area contributed by atoms with E-state index in [0.717, 1.165) is 49.4 Å². The summed E-state index contributed by atoms with van der Waals surface area (Å²) in [7, 11) is 0. The molecule has 0 aliphatic heterocycles. The van der Waals surface area contributed by atoms with E-state index in [1.165, 1.54) is 93.7 Å². The van der Waals surface area contributed by atoms with Gasteiger partial charge in [0.25, 0.3) is 0 Å². The van der Waals surface area contributed by atoms with Crippen molar-refractivity contribution in [3.63, 3.8) is 0 Å². The molecule has 0 bridgehead atoms. The fraction of sp³-hybridized carbons (Fsp3) is 0.429. The molecule has 0 unspecified atom stereocenters. The summed E-state index contributed by atoms with van der Waals surface area (Å²) in [5.74, 6) is 15.0. The van der Waals surface area contributed by atoms with E-state index >= 15 is 0 Å². The van der Waals surface area contributed by atoms with Gasteiger partial charge < -0.3 is 0 Å². The van der Waals surface area contributed by atoms with Gasteiger partial charge >= 0.3 is 0 Å². The Morgan fingerprint density at radius 1 is 0.467 bits per heavy atom. The zero-order chi connectivity index (χ0) is 32.7. The van der Waals surface area contributed by atoms with E-state index in [9.17, 15) is 0 Å². The summed E-state index contributed by atoms with van der Waals surface area (Å²) in [4.78, 5) is 0. The maximum Gasteiger partial charge on any atom is 0.0397 e. The van der Waals surface area contributed by atoms with E-state index in [-0.39, 0.29) is 0 Å². The molecule has 45 heavy (non-hydrogen) atoms. The SMILES string of the molecule is C#Cc1ccc(CCCCCC)cc1Br.CCCCCCc1ccc(C#CC#Cc2ccc(CCCCCC)cc2Br)c(Br)c1. The van der Waals surface area contributed by atoms with Crippen molar-refractivity contribution >= 4 is 47.8 Å². The third-order valence-corrected chi connectivity index (χ3v) is 9.64. The first kappa shape index (κ1) is 39.0. The largest absolute Gasteiger partial charge is 0.115 e. The Bertz CT molecular complexity index is 1390. The molecule has 238 valence electrons. The topological polar surface area (TPSA) is 0 Å². The van der Waals surface area contributed by atoms with Crippen LogP contribution < -0.4 is 0 Å². The fourth-order valence-electron chi connectivity index (χ4n) is 4.93. The van der Waals surface area contributed by atoms with Gasteiger partial charge in [-0.15, -0.1) is 6.42 Å². The molecule has 3 aromatic carbocycles. The summed E-state index contributed by atoms with van der Waals surface area (Å²) in [6.45, 7) is 6.73. The Morgan fingerprint density at radius 3 is 1.09 bits per heavy atom. The van der Waals surface area contributed by atoms with E-state index in [1.807, 2.05) is 6.07 Å². The van der Waals surface area contributed by atoms with Crippen LogP contribution in [0.25, 0.3) is 0 Å². The molecule has 0 N–H and O–H groups in total. The van der Waals surface area contributed by atoms with Crippen LogP contribution in [0.3, 0.4) is 0 Å². The van der Waals surface area contributed by atoms with Gasteiger partial charge in [0.2, 0.25) is 0 Å². The van der Waals surface area contributed by atoms with Gasteiger partial charge in [0.05, 0.1) is 0 Å². The second-order valence-corrected chi connectivity index (χ2v) is 14.1. The Morgan fingerprint density at radius 2 is 0.800 bits per heavy atom. The first-order valence-electron chi connectivity index (χ1n) is 16.8. The minimum absolute atomic E-state index is 0.937. The molecular formula is C42H49Br3. The molecule has 3 aromatic rings. The fourth-order valence-corrected chi connectivity index (χ4v) is 6.52. The Kier molecular flexibility index (Phi) is 20.8. The third kappa shape index (κ3) is 16.3. The quantitative estimate of drug-likeness (QED) is 0.106. The third-order valence-electron chi connectivity index (χ3n) is 7.67. The first-order chi connectivity index (χ1) is 21.9. The van der Waals surface area contributed by atoms with Crippen LogP contribution in [0.15, 0.2) is 68.0 Å². The molecule has 3 heteroatoms. The number of halogens is 3. The van der Waals surface area contributed by atoms with E-state index in [1.54, 1.807) is 0 Å². The summed E-state index contributed by atoms with van der Waals surface area (Å²) in [6, 6.07) is 19.2. The monoisotopic (exact) mass is 790 g/mol. The standard InChI is InChI=1S/C28H32Br2.C14H17Br/c1-3-5-7-9-13-23-17-19-25(27(29)21-23)15-11-12-16-26-20-18-24(22-28(26)30)14-10-8-6-4-2;1-3-5-6-7-8-12-9-10-13(4-2)14(15)11-12/h17-22H,3-10,13-14H2,1-2H3;2,9-11H,3,5-8H2,1H3. The maximum atomic E-state index is 5.36. The van der Waals surface area contributed by atoms with E-state index in [4.69, 9.17) is 6.42 Å². The van der Waals surface area contributed by atoms with Crippen molar-refractivity contribution in [1.29, 1.82) is 0 Å². The molecule has 0 fully saturated rings. The number of terminal acetylenes is 1. The predicted octanol–water partition coefficient (Wildman–Crippen LogP) is 13.4. The minimum atomic E-state index is 0.937. The van der Waals surface area contributed by atoms with E-state index < -0.39 is 0 Å². The Labute approximate surface area is 300 Å². The molecule has 0 aliphatic rings. The molecule has 0 atom stereocenters. The maximum absolute atomic E-state index is 5.36. The lowest BCUT2D eigenvalue weighted by molar-refractivity contribution is 0.667. The highest BCUT2D eigenvalue weighted by Crippen LogP contribution is 2.21. The van der Waals surface area contributed by atoms with Crippen LogP contribution in [-0.4, -0.2) is 0 Å². The minimum Gasteiger partial charge on any atom is -0.115 e. The van der Waals surface area contributed by atoms with Gasteiger partial charge in [0, 0.05) is 30.1 Å². The van der Waals surface area contributed by atoms with Crippen LogP contribution in [-0.2, 0) is 19.3 Å². The second kappa shape index (κ2) is 24.0. The first-order valence-corrected chi connectivity index (χ1v) is 19.1. The van der Waals surface area contributed by atoms with Gasteiger partial charge in [0.15, 0.2) is 0 Å². The van der Waals surface area contributed by atoms with Crippen molar-refractivity contribution in [2.45, 2.75) is 117 Å². The van der Waals surface area contributed by atoms with E-state index in [2.05, 4.69) is 147 Å². The molecule has 3 rings (SSSR count). The Balaban J connectivity index is 0.000000394. The number of aryl methyl sites for hydroxylation is 3. The van der Waals surface area contributed by atoms with Crippen LogP contribution in [0.2, 0.25) is 0 Å². The zero-order valence-electron chi connectivity index (χ0n) is 27.5. The molecule has 0 nitrogen and oxygen atoms in total. The van der Waals surface area contributed by atoms with Crippen LogP contribution in [0.1, 0.15) is 131 Å². The summed E-state index contributed by atoms with van der Waals surface area (Å²) in [5, 5.41) is 0. The number of hydrogen-bond donors (Lipinski definition) is 0. The highest BCUT2D eigenvalue weighted by molar-refractivity contribution is 9.11. The van der Waals surface area contributed by atoms with Crippen LogP contribution in [0, 0.1) is 36.0 Å². The van der Waals surface area contributed by atoms with Crippen molar-refractivity contribution < 1.29 is 0 Å². The highest BCUT2D eigenvalue weighted by atomic mass is 79.9. The molecule has 0 aromatic heterocycles. The lowest BCUT2D eigenvalue weighted by Crippen LogP contribution is -1.88.